The molecular weight excluding hydrogens is 172 g/mol. The Hall–Kier alpha value is -1.10. The van der Waals surface area contributed by atoms with Gasteiger partial charge in [0.1, 0.15) is 0 Å². The van der Waals surface area contributed by atoms with Crippen molar-refractivity contribution in [3.8, 4) is 0 Å². The van der Waals surface area contributed by atoms with Gasteiger partial charge in [-0.1, -0.05) is 6.92 Å². The summed E-state index contributed by atoms with van der Waals surface area (Å²) in [6.45, 7) is 3.41. The van der Waals surface area contributed by atoms with E-state index in [9.17, 15) is 9.59 Å². The second-order valence-corrected chi connectivity index (χ2v) is 3.22. The van der Waals surface area contributed by atoms with E-state index in [0.717, 1.165) is 0 Å². The van der Waals surface area contributed by atoms with E-state index in [1.807, 2.05) is 0 Å². The molecule has 0 fully saturated rings. The number of hydrogen-bond donors (Lipinski definition) is 3. The number of carboxylic acids is 1. The van der Waals surface area contributed by atoms with E-state index in [2.05, 4.69) is 5.32 Å². The van der Waals surface area contributed by atoms with Crippen LogP contribution in [0.1, 0.15) is 20.3 Å². The first-order valence-electron chi connectivity index (χ1n) is 4.18. The van der Waals surface area contributed by atoms with E-state index >= 15 is 0 Å². The molecule has 5 nitrogen and oxygen atoms in total. The molecular formula is C8H16N2O3. The molecule has 5 heteroatoms. The summed E-state index contributed by atoms with van der Waals surface area (Å²) in [7, 11) is 0. The Kier molecular flexibility index (Phi) is 5.06. The van der Waals surface area contributed by atoms with Gasteiger partial charge >= 0.3 is 5.97 Å². The van der Waals surface area contributed by atoms with E-state index in [0.29, 0.717) is 0 Å². The van der Waals surface area contributed by atoms with Gasteiger partial charge in [-0.05, 0) is 6.92 Å². The zero-order valence-electron chi connectivity index (χ0n) is 7.91. The van der Waals surface area contributed by atoms with Crippen LogP contribution in [0.2, 0.25) is 0 Å². The highest BCUT2D eigenvalue weighted by Crippen LogP contribution is 1.92. The molecule has 0 heterocycles. The number of carbonyl (C=O) groups is 2. The number of aliphatic carboxylic acids is 1. The zero-order chi connectivity index (χ0) is 10.4. The third kappa shape index (κ3) is 6.10. The maximum absolute atomic E-state index is 11.0. The summed E-state index contributed by atoms with van der Waals surface area (Å²) in [5.74, 6) is -1.68. The van der Waals surface area contributed by atoms with E-state index in [1.165, 1.54) is 6.92 Å². The molecule has 0 rings (SSSR count). The maximum Gasteiger partial charge on any atom is 0.308 e. The molecule has 0 aromatic heterocycles. The minimum atomic E-state index is -0.916. The van der Waals surface area contributed by atoms with Crippen LogP contribution in [0.3, 0.4) is 0 Å². The predicted molar refractivity (Wildman–Crippen MR) is 48.1 cm³/mol. The van der Waals surface area contributed by atoms with Crippen LogP contribution in [0.25, 0.3) is 0 Å². The average molecular weight is 188 g/mol. The molecule has 0 aromatic carbocycles. The Morgan fingerprint density at radius 1 is 1.46 bits per heavy atom. The summed E-state index contributed by atoms with van der Waals surface area (Å²) in [6.07, 6.45) is 0.229. The topological polar surface area (TPSA) is 92.4 Å². The molecule has 2 atom stereocenters. The van der Waals surface area contributed by atoms with Gasteiger partial charge in [0, 0.05) is 19.0 Å². The van der Waals surface area contributed by atoms with E-state index in [-0.39, 0.29) is 24.9 Å². The molecule has 4 N–H and O–H groups in total. The largest absolute Gasteiger partial charge is 0.481 e. The summed E-state index contributed by atoms with van der Waals surface area (Å²) >= 11 is 0. The van der Waals surface area contributed by atoms with E-state index < -0.39 is 11.9 Å². The van der Waals surface area contributed by atoms with Gasteiger partial charge in [-0.3, -0.25) is 9.59 Å². The second-order valence-electron chi connectivity index (χ2n) is 3.22. The fourth-order valence-corrected chi connectivity index (χ4v) is 0.719. The van der Waals surface area contributed by atoms with Crippen molar-refractivity contribution in [2.75, 3.05) is 6.54 Å². The van der Waals surface area contributed by atoms with Crippen LogP contribution < -0.4 is 11.1 Å². The number of nitrogens with one attached hydrogen (secondary N) is 1. The molecule has 0 aliphatic carbocycles. The highest BCUT2D eigenvalue weighted by molar-refractivity contribution is 5.77. The van der Waals surface area contributed by atoms with Gasteiger partial charge in [0.2, 0.25) is 5.91 Å². The minimum absolute atomic E-state index is 0.154. The third-order valence-electron chi connectivity index (χ3n) is 1.53. The number of carboxylic acid groups (broad SMARTS) is 1. The maximum atomic E-state index is 11.0. The monoisotopic (exact) mass is 188 g/mol. The number of nitrogens with two attached hydrogens (primary N) is 1. The summed E-state index contributed by atoms with van der Waals surface area (Å²) in [5.41, 5.74) is 5.38. The van der Waals surface area contributed by atoms with Crippen LogP contribution in [-0.4, -0.2) is 29.6 Å². The zero-order valence-corrected chi connectivity index (χ0v) is 7.91. The first-order chi connectivity index (χ1) is 5.93. The van der Waals surface area contributed by atoms with Gasteiger partial charge in [0.25, 0.3) is 0 Å². The molecule has 0 aliphatic heterocycles. The Morgan fingerprint density at radius 2 is 2.00 bits per heavy atom. The van der Waals surface area contributed by atoms with Gasteiger partial charge in [-0.15, -0.1) is 0 Å². The number of hydrogen-bond acceptors (Lipinski definition) is 3. The first kappa shape index (κ1) is 11.9. The number of rotatable bonds is 5. The van der Waals surface area contributed by atoms with Crippen molar-refractivity contribution in [1.82, 2.24) is 5.32 Å². The molecule has 0 spiro atoms. The van der Waals surface area contributed by atoms with Crippen LogP contribution in [0, 0.1) is 5.92 Å². The number of carbonyl (C=O) groups excluding carboxylic acids is 1. The standard InChI is InChI=1S/C8H16N2O3/c1-5(8(12)13)4-10-7(11)3-6(2)9/h5-6H,3-4,9H2,1-2H3,(H,10,11)(H,12,13). The van der Waals surface area contributed by atoms with Gasteiger partial charge in [-0.2, -0.15) is 0 Å². The lowest BCUT2D eigenvalue weighted by Gasteiger charge is -2.09. The van der Waals surface area contributed by atoms with Crippen LogP contribution in [0.4, 0.5) is 0 Å². The Morgan fingerprint density at radius 3 is 2.38 bits per heavy atom. The van der Waals surface area contributed by atoms with Crippen molar-refractivity contribution in [3.63, 3.8) is 0 Å². The molecule has 0 aliphatic rings. The summed E-state index contributed by atoms with van der Waals surface area (Å²) in [6, 6.07) is -0.194. The van der Waals surface area contributed by atoms with Crippen LogP contribution in [-0.2, 0) is 9.59 Å². The Balaban J connectivity index is 3.64. The van der Waals surface area contributed by atoms with Crippen molar-refractivity contribution in [3.05, 3.63) is 0 Å². The van der Waals surface area contributed by atoms with Gasteiger partial charge in [0.05, 0.1) is 5.92 Å². The van der Waals surface area contributed by atoms with Crippen molar-refractivity contribution in [1.29, 1.82) is 0 Å². The molecule has 76 valence electrons. The number of amides is 1. The highest BCUT2D eigenvalue weighted by atomic mass is 16.4. The van der Waals surface area contributed by atoms with E-state index in [1.54, 1.807) is 6.92 Å². The lowest BCUT2D eigenvalue weighted by molar-refractivity contribution is -0.141. The lowest BCUT2D eigenvalue weighted by Crippen LogP contribution is -2.34. The molecule has 0 bridgehead atoms. The van der Waals surface area contributed by atoms with Crippen LogP contribution >= 0.6 is 0 Å². The van der Waals surface area contributed by atoms with Crippen LogP contribution in [0.15, 0.2) is 0 Å². The summed E-state index contributed by atoms with van der Waals surface area (Å²) < 4.78 is 0. The van der Waals surface area contributed by atoms with Gasteiger partial charge in [0.15, 0.2) is 0 Å². The van der Waals surface area contributed by atoms with Crippen molar-refractivity contribution < 1.29 is 14.7 Å². The minimum Gasteiger partial charge on any atom is -0.481 e. The van der Waals surface area contributed by atoms with Crippen molar-refractivity contribution in [2.24, 2.45) is 11.7 Å². The van der Waals surface area contributed by atoms with E-state index in [4.69, 9.17) is 10.8 Å². The highest BCUT2D eigenvalue weighted by Gasteiger charge is 2.12. The molecule has 0 aromatic rings. The van der Waals surface area contributed by atoms with Crippen molar-refractivity contribution >= 4 is 11.9 Å². The van der Waals surface area contributed by atoms with Crippen LogP contribution in [0.5, 0.6) is 0 Å². The Labute approximate surface area is 77.3 Å². The fourth-order valence-electron chi connectivity index (χ4n) is 0.719. The molecule has 13 heavy (non-hydrogen) atoms. The normalized spacial score (nSPS) is 14.7. The summed E-state index contributed by atoms with van der Waals surface area (Å²) in [4.78, 5) is 21.4. The molecule has 0 radical (unpaired) electrons. The summed E-state index contributed by atoms with van der Waals surface area (Å²) in [5, 5.41) is 11.0. The van der Waals surface area contributed by atoms with Crippen molar-refractivity contribution in [2.45, 2.75) is 26.3 Å². The fraction of sp³-hybridized carbons (Fsp3) is 0.750. The molecule has 0 saturated heterocycles. The first-order valence-corrected chi connectivity index (χ1v) is 4.18. The molecule has 0 saturated carbocycles. The predicted octanol–water partition coefficient (Wildman–Crippen LogP) is -0.439. The van der Waals surface area contributed by atoms with Gasteiger partial charge in [-0.25, -0.2) is 0 Å². The van der Waals surface area contributed by atoms with Gasteiger partial charge < -0.3 is 16.2 Å². The molecule has 1 amide bonds. The second kappa shape index (κ2) is 5.53. The smallest absolute Gasteiger partial charge is 0.308 e. The third-order valence-corrected chi connectivity index (χ3v) is 1.53. The average Bonchev–Trinajstić information content (AvgIpc) is 1.98. The molecule has 2 unspecified atom stereocenters. The Bertz CT molecular complexity index is 192. The quantitative estimate of drug-likeness (QED) is 0.545. The lowest BCUT2D eigenvalue weighted by atomic mass is 10.2. The SMILES string of the molecule is CC(N)CC(=O)NCC(C)C(=O)O.